The quantitative estimate of drug-likeness (QED) is 0.929. The Morgan fingerprint density at radius 2 is 2.00 bits per heavy atom. The standard InChI is InChI=1S/C11H11Cl2N3O/c1-14-6-5-9-15-11(17-16-9)10-7(12)3-2-4-8(10)13/h2-4,14H,5-6H2,1H3. The van der Waals surface area contributed by atoms with Crippen LogP contribution in [0.15, 0.2) is 22.7 Å². The van der Waals surface area contributed by atoms with Crippen LogP contribution in [0.2, 0.25) is 10.0 Å². The van der Waals surface area contributed by atoms with Gasteiger partial charge >= 0.3 is 0 Å². The number of benzene rings is 1. The van der Waals surface area contributed by atoms with Gasteiger partial charge in [-0.05, 0) is 19.2 Å². The van der Waals surface area contributed by atoms with Gasteiger partial charge in [-0.2, -0.15) is 4.98 Å². The highest BCUT2D eigenvalue weighted by Crippen LogP contribution is 2.33. The molecule has 0 fully saturated rings. The van der Waals surface area contributed by atoms with Gasteiger partial charge in [0.25, 0.3) is 5.89 Å². The van der Waals surface area contributed by atoms with Crippen LogP contribution in [0.1, 0.15) is 5.82 Å². The van der Waals surface area contributed by atoms with Crippen molar-refractivity contribution in [2.75, 3.05) is 13.6 Å². The molecule has 1 heterocycles. The highest BCUT2D eigenvalue weighted by molar-refractivity contribution is 6.38. The largest absolute Gasteiger partial charge is 0.334 e. The molecule has 0 bridgehead atoms. The van der Waals surface area contributed by atoms with E-state index in [4.69, 9.17) is 27.7 Å². The van der Waals surface area contributed by atoms with E-state index in [0.29, 0.717) is 33.7 Å². The van der Waals surface area contributed by atoms with Crippen LogP contribution in [0.5, 0.6) is 0 Å². The van der Waals surface area contributed by atoms with E-state index in [9.17, 15) is 0 Å². The molecular weight excluding hydrogens is 261 g/mol. The zero-order valence-corrected chi connectivity index (χ0v) is 10.7. The molecule has 17 heavy (non-hydrogen) atoms. The predicted octanol–water partition coefficient (Wildman–Crippen LogP) is 2.81. The summed E-state index contributed by atoms with van der Waals surface area (Å²) in [4.78, 5) is 4.25. The average molecular weight is 272 g/mol. The number of hydrogen-bond donors (Lipinski definition) is 1. The first kappa shape index (κ1) is 12.4. The Balaban J connectivity index is 2.30. The van der Waals surface area contributed by atoms with Crippen molar-refractivity contribution in [1.29, 1.82) is 0 Å². The molecule has 1 aromatic heterocycles. The first-order valence-corrected chi connectivity index (χ1v) is 5.89. The molecule has 0 saturated heterocycles. The first-order valence-electron chi connectivity index (χ1n) is 5.14. The van der Waals surface area contributed by atoms with E-state index in [-0.39, 0.29) is 0 Å². The van der Waals surface area contributed by atoms with Gasteiger partial charge in [0.05, 0.1) is 15.6 Å². The Morgan fingerprint density at radius 3 is 2.65 bits per heavy atom. The zero-order valence-electron chi connectivity index (χ0n) is 9.20. The minimum atomic E-state index is 0.353. The predicted molar refractivity (Wildman–Crippen MR) is 67.4 cm³/mol. The summed E-state index contributed by atoms with van der Waals surface area (Å²) in [5, 5.41) is 7.89. The molecule has 2 aromatic rings. The van der Waals surface area contributed by atoms with Crippen LogP contribution in [0, 0.1) is 0 Å². The second-order valence-electron chi connectivity index (χ2n) is 3.47. The van der Waals surface area contributed by atoms with Gasteiger partial charge in [0.1, 0.15) is 0 Å². The normalized spacial score (nSPS) is 10.8. The monoisotopic (exact) mass is 271 g/mol. The van der Waals surface area contributed by atoms with Crippen molar-refractivity contribution in [2.45, 2.75) is 6.42 Å². The summed E-state index contributed by atoms with van der Waals surface area (Å²) in [6.07, 6.45) is 0.696. The number of rotatable bonds is 4. The Morgan fingerprint density at radius 1 is 1.29 bits per heavy atom. The highest BCUT2D eigenvalue weighted by Gasteiger charge is 2.15. The van der Waals surface area contributed by atoms with Gasteiger partial charge in [0.2, 0.25) is 0 Å². The molecule has 0 unspecified atom stereocenters. The molecule has 0 aliphatic rings. The molecule has 6 heteroatoms. The molecule has 0 amide bonds. The highest BCUT2D eigenvalue weighted by atomic mass is 35.5. The maximum atomic E-state index is 6.05. The minimum Gasteiger partial charge on any atom is -0.334 e. The van der Waals surface area contributed by atoms with Gasteiger partial charge < -0.3 is 9.84 Å². The molecule has 0 atom stereocenters. The molecule has 0 saturated carbocycles. The van der Waals surface area contributed by atoms with E-state index in [1.807, 2.05) is 7.05 Å². The third-order valence-corrected chi connectivity index (χ3v) is 2.87. The first-order chi connectivity index (χ1) is 8.22. The number of nitrogens with zero attached hydrogens (tertiary/aromatic N) is 2. The summed E-state index contributed by atoms with van der Waals surface area (Å²) >= 11 is 12.1. The summed E-state index contributed by atoms with van der Waals surface area (Å²) in [7, 11) is 1.87. The lowest BCUT2D eigenvalue weighted by Crippen LogP contribution is -2.11. The average Bonchev–Trinajstić information content (AvgIpc) is 2.75. The molecule has 2 rings (SSSR count). The maximum absolute atomic E-state index is 6.05. The summed E-state index contributed by atoms with van der Waals surface area (Å²) in [6.45, 7) is 0.787. The van der Waals surface area contributed by atoms with Crippen molar-refractivity contribution >= 4 is 23.2 Å². The lowest BCUT2D eigenvalue weighted by atomic mass is 10.2. The lowest BCUT2D eigenvalue weighted by Gasteiger charge is -2.00. The molecule has 1 aromatic carbocycles. The van der Waals surface area contributed by atoms with Crippen LogP contribution in [-0.2, 0) is 6.42 Å². The zero-order chi connectivity index (χ0) is 12.3. The molecule has 0 radical (unpaired) electrons. The van der Waals surface area contributed by atoms with E-state index < -0.39 is 0 Å². The molecule has 90 valence electrons. The third kappa shape index (κ3) is 2.77. The summed E-state index contributed by atoms with van der Waals surface area (Å²) in [5.74, 6) is 0.983. The number of nitrogens with one attached hydrogen (secondary N) is 1. The Bertz CT molecular complexity index is 493. The molecule has 4 nitrogen and oxygen atoms in total. The third-order valence-electron chi connectivity index (χ3n) is 2.24. The number of aromatic nitrogens is 2. The van der Waals surface area contributed by atoms with E-state index >= 15 is 0 Å². The molecule has 0 aliphatic heterocycles. The van der Waals surface area contributed by atoms with Gasteiger partial charge in [-0.15, -0.1) is 0 Å². The Labute approximate surface area is 109 Å². The van der Waals surface area contributed by atoms with Crippen LogP contribution in [0.4, 0.5) is 0 Å². The van der Waals surface area contributed by atoms with E-state index in [0.717, 1.165) is 6.54 Å². The fourth-order valence-electron chi connectivity index (χ4n) is 1.40. The van der Waals surface area contributed by atoms with Crippen molar-refractivity contribution in [2.24, 2.45) is 0 Å². The smallest absolute Gasteiger partial charge is 0.260 e. The van der Waals surface area contributed by atoms with Gasteiger partial charge in [-0.25, -0.2) is 0 Å². The topological polar surface area (TPSA) is 51.0 Å². The Kier molecular flexibility index (Phi) is 3.99. The number of halogens is 2. The van der Waals surface area contributed by atoms with E-state index in [1.165, 1.54) is 0 Å². The lowest BCUT2D eigenvalue weighted by molar-refractivity contribution is 0.422. The Hall–Kier alpha value is -1.10. The van der Waals surface area contributed by atoms with Gasteiger partial charge in [0, 0.05) is 13.0 Å². The fraction of sp³-hybridized carbons (Fsp3) is 0.273. The van der Waals surface area contributed by atoms with E-state index in [2.05, 4.69) is 15.5 Å². The van der Waals surface area contributed by atoms with Gasteiger partial charge in [-0.1, -0.05) is 34.4 Å². The fourth-order valence-corrected chi connectivity index (χ4v) is 1.96. The molecule has 1 N–H and O–H groups in total. The minimum absolute atomic E-state index is 0.353. The molecule has 0 aliphatic carbocycles. The summed E-state index contributed by atoms with van der Waals surface area (Å²) in [6, 6.07) is 5.24. The van der Waals surface area contributed by atoms with Crippen molar-refractivity contribution in [1.82, 2.24) is 15.5 Å². The van der Waals surface area contributed by atoms with Crippen molar-refractivity contribution in [3.8, 4) is 11.5 Å². The van der Waals surface area contributed by atoms with Crippen molar-refractivity contribution in [3.63, 3.8) is 0 Å². The second-order valence-corrected chi connectivity index (χ2v) is 4.28. The number of likely N-dealkylation sites (N-methyl/N-ethyl adjacent to an activating group) is 1. The summed E-state index contributed by atoms with van der Waals surface area (Å²) in [5.41, 5.74) is 0.582. The van der Waals surface area contributed by atoms with E-state index in [1.54, 1.807) is 18.2 Å². The van der Waals surface area contributed by atoms with Gasteiger partial charge in [0.15, 0.2) is 5.82 Å². The SMILES string of the molecule is CNCCc1noc(-c2c(Cl)cccc2Cl)n1. The van der Waals surface area contributed by atoms with Crippen LogP contribution in [-0.4, -0.2) is 23.7 Å². The second kappa shape index (κ2) is 5.49. The molecule has 0 spiro atoms. The molecular formula is C11H11Cl2N3O. The summed E-state index contributed by atoms with van der Waals surface area (Å²) < 4.78 is 5.15. The van der Waals surface area contributed by atoms with Crippen LogP contribution in [0.25, 0.3) is 11.5 Å². The van der Waals surface area contributed by atoms with Crippen LogP contribution < -0.4 is 5.32 Å². The maximum Gasteiger partial charge on any atom is 0.260 e. The van der Waals surface area contributed by atoms with Gasteiger partial charge in [-0.3, -0.25) is 0 Å². The van der Waals surface area contributed by atoms with Crippen molar-refractivity contribution in [3.05, 3.63) is 34.1 Å². The number of hydrogen-bond acceptors (Lipinski definition) is 4. The van der Waals surface area contributed by atoms with Crippen molar-refractivity contribution < 1.29 is 4.52 Å². The van der Waals surface area contributed by atoms with Crippen LogP contribution in [0.3, 0.4) is 0 Å². The van der Waals surface area contributed by atoms with Crippen LogP contribution >= 0.6 is 23.2 Å².